The van der Waals surface area contributed by atoms with Gasteiger partial charge in [0.1, 0.15) is 30.1 Å². The first-order valence-electron chi connectivity index (χ1n) is 29.4. The van der Waals surface area contributed by atoms with Crippen LogP contribution in [0, 0.1) is 35.5 Å². The van der Waals surface area contributed by atoms with Gasteiger partial charge in [-0.3, -0.25) is 24.1 Å². The number of methoxy groups -OCH3 is 2. The lowest BCUT2D eigenvalue weighted by atomic mass is 9.78. The van der Waals surface area contributed by atoms with E-state index in [2.05, 4.69) is 4.90 Å². The molecule has 17 heteroatoms. The molecule has 5 rings (SSSR count). The largest absolute Gasteiger partial charge is 0.460 e. The Bertz CT molecular complexity index is 2040. The van der Waals surface area contributed by atoms with Crippen molar-refractivity contribution in [2.24, 2.45) is 35.5 Å². The van der Waals surface area contributed by atoms with Gasteiger partial charge in [-0.25, -0.2) is 4.79 Å². The number of aliphatic hydroxyl groups excluding tert-OH is 2. The summed E-state index contributed by atoms with van der Waals surface area (Å²) in [6.45, 7) is 18.2. The van der Waals surface area contributed by atoms with Crippen LogP contribution in [0.4, 0.5) is 0 Å². The molecule has 1 amide bonds. The van der Waals surface area contributed by atoms with Crippen LogP contribution in [-0.4, -0.2) is 182 Å². The number of nitrogens with zero attached hydrogens (tertiary/aromatic N) is 2. The maximum Gasteiger partial charge on any atom is 0.329 e. The Morgan fingerprint density at radius 3 is 2.27 bits per heavy atom. The standard InChI is InChI=1S/C61H98N2O15/c1-40-18-11-10-12-19-41(2)52(76-30-16-15-29-64)38-48-23-21-46(7)61(71,78-48)58(68)59(69)63-26-14-13-20-49(63)60(70)77-53(39-50(65)42(3)35-45(6)56(67)57(73-9)55(66)44(5)34-40)43(4)36-47-22-24-51(54(37-47)72-8)75-31-17-25-62-27-32-74-33-28-62/h10-12,18-19,35,40,42-44,46-49,51-54,56-57,64,67,71H,13-17,20-34,36-39H2,1-9H3/b12-10+,18-11+,41-19+,45-35+/t40-,42-,43-,44-,46-,47+,48+,49+,51-,52-,53+,54-,56-,57+,61-/m1/s1. The van der Waals surface area contributed by atoms with E-state index in [-0.39, 0.29) is 73.9 Å². The summed E-state index contributed by atoms with van der Waals surface area (Å²) in [5.74, 6) is -7.99. The second-order valence-electron chi connectivity index (χ2n) is 23.3. The summed E-state index contributed by atoms with van der Waals surface area (Å²) in [6.07, 6.45) is 14.4. The Kier molecular flexibility index (Phi) is 27.5. The molecular weight excluding hydrogens is 1000 g/mol. The first-order chi connectivity index (χ1) is 37.3. The average Bonchev–Trinajstić information content (AvgIpc) is 3.47. The van der Waals surface area contributed by atoms with Gasteiger partial charge in [-0.05, 0) is 126 Å². The van der Waals surface area contributed by atoms with Crippen LogP contribution in [0.2, 0.25) is 0 Å². The monoisotopic (exact) mass is 1100 g/mol. The number of ether oxygens (including phenoxy) is 7. The predicted octanol–water partition coefficient (Wildman–Crippen LogP) is 7.07. The van der Waals surface area contributed by atoms with E-state index >= 15 is 0 Å². The zero-order valence-corrected chi connectivity index (χ0v) is 48.7. The number of hydrogen-bond donors (Lipinski definition) is 3. The van der Waals surface area contributed by atoms with E-state index in [0.29, 0.717) is 70.2 Å². The van der Waals surface area contributed by atoms with Crippen LogP contribution < -0.4 is 0 Å². The summed E-state index contributed by atoms with van der Waals surface area (Å²) in [5, 5.41) is 33.2. The van der Waals surface area contributed by atoms with Crippen LogP contribution in [0.3, 0.4) is 0 Å². The third kappa shape index (κ3) is 19.1. The average molecular weight is 1100 g/mol. The zero-order valence-electron chi connectivity index (χ0n) is 48.7. The molecule has 0 aromatic carbocycles. The number of rotatable bonds is 15. The number of carbonyl (C=O) groups is 5. The molecule has 4 aliphatic heterocycles. The van der Waals surface area contributed by atoms with Crippen molar-refractivity contribution in [1.29, 1.82) is 0 Å². The number of piperidine rings is 1. The van der Waals surface area contributed by atoms with Gasteiger partial charge in [-0.2, -0.15) is 0 Å². The van der Waals surface area contributed by atoms with Crippen molar-refractivity contribution >= 4 is 29.2 Å². The minimum Gasteiger partial charge on any atom is -0.460 e. The molecule has 1 saturated carbocycles. The van der Waals surface area contributed by atoms with E-state index < -0.39 is 77.8 Å². The van der Waals surface area contributed by atoms with E-state index in [1.165, 1.54) is 12.0 Å². The highest BCUT2D eigenvalue weighted by atomic mass is 16.6. The Labute approximate surface area is 465 Å². The Morgan fingerprint density at radius 2 is 1.55 bits per heavy atom. The number of morpholine rings is 1. The van der Waals surface area contributed by atoms with Crippen LogP contribution in [0.5, 0.6) is 0 Å². The lowest BCUT2D eigenvalue weighted by Gasteiger charge is -2.43. The number of cyclic esters (lactones) is 1. The Morgan fingerprint density at radius 1 is 0.808 bits per heavy atom. The van der Waals surface area contributed by atoms with Gasteiger partial charge >= 0.3 is 5.97 Å². The van der Waals surface area contributed by atoms with Gasteiger partial charge in [0.2, 0.25) is 5.79 Å². The highest BCUT2D eigenvalue weighted by Gasteiger charge is 2.53. The summed E-state index contributed by atoms with van der Waals surface area (Å²) in [5.41, 5.74) is 1.26. The number of fused-ring (bicyclic) bond motifs is 3. The molecule has 0 radical (unpaired) electrons. The fourth-order valence-electron chi connectivity index (χ4n) is 12.0. The highest BCUT2D eigenvalue weighted by Crippen LogP contribution is 2.38. The third-order valence-corrected chi connectivity index (χ3v) is 17.1. The Balaban J connectivity index is 1.42. The summed E-state index contributed by atoms with van der Waals surface area (Å²) in [4.78, 5) is 75.5. The number of hydrogen-bond acceptors (Lipinski definition) is 16. The quantitative estimate of drug-likeness (QED) is 0.0647. The van der Waals surface area contributed by atoms with Crippen molar-refractivity contribution in [1.82, 2.24) is 9.80 Å². The lowest BCUT2D eigenvalue weighted by Crippen LogP contribution is -2.61. The molecule has 78 heavy (non-hydrogen) atoms. The molecule has 0 aromatic rings. The van der Waals surface area contributed by atoms with Crippen molar-refractivity contribution in [3.63, 3.8) is 0 Å². The zero-order chi connectivity index (χ0) is 56.9. The second-order valence-corrected chi connectivity index (χ2v) is 23.3. The van der Waals surface area contributed by atoms with Crippen molar-refractivity contribution in [3.05, 3.63) is 47.6 Å². The first kappa shape index (κ1) is 65.3. The first-order valence-corrected chi connectivity index (χ1v) is 29.4. The molecule has 1 aliphatic carbocycles. The molecule has 0 unspecified atom stereocenters. The SMILES string of the molecule is CO[C@@H]1C[C@H](C[C@@H](C)[C@@H]2CC(=O)[C@H](C)/C=C(\C)[C@@H](O)[C@@H](OC)C(=O)[C@H](C)C[C@H](C)/C=C/C=C/C=C(\C)[C@H](OCCCCO)C[C@@H]3CC[C@@H](C)[C@@](O)(O3)C(=O)C(=O)N3CCCC[C@H]3C(=O)O2)CC[C@H]1OCCCN1CCOCC1. The van der Waals surface area contributed by atoms with Crippen LogP contribution in [0.25, 0.3) is 0 Å². The molecule has 0 aromatic heterocycles. The molecular formula is C61H98N2O15. The summed E-state index contributed by atoms with van der Waals surface area (Å²) in [6, 6.07) is -1.15. The minimum absolute atomic E-state index is 0.00281. The molecule has 5 aliphatic rings. The van der Waals surface area contributed by atoms with E-state index in [4.69, 9.17) is 33.2 Å². The number of esters is 1. The third-order valence-electron chi connectivity index (χ3n) is 17.1. The lowest BCUT2D eigenvalue weighted by molar-refractivity contribution is -0.266. The van der Waals surface area contributed by atoms with Crippen LogP contribution in [-0.2, 0) is 57.1 Å². The maximum absolute atomic E-state index is 14.7. The molecule has 3 N–H and O–H groups in total. The molecule has 0 spiro atoms. The number of aliphatic hydroxyl groups is 3. The van der Waals surface area contributed by atoms with Crippen molar-refractivity contribution in [2.75, 3.05) is 73.4 Å². The van der Waals surface area contributed by atoms with E-state index in [1.54, 1.807) is 34.0 Å². The molecule has 4 fully saturated rings. The molecule has 17 nitrogen and oxygen atoms in total. The summed E-state index contributed by atoms with van der Waals surface area (Å²) in [7, 11) is 3.09. The number of ketones is 3. The predicted molar refractivity (Wildman–Crippen MR) is 296 cm³/mol. The van der Waals surface area contributed by atoms with E-state index in [9.17, 15) is 39.3 Å². The van der Waals surface area contributed by atoms with Crippen LogP contribution >= 0.6 is 0 Å². The minimum atomic E-state index is -2.47. The second kappa shape index (κ2) is 32.8. The van der Waals surface area contributed by atoms with Gasteiger partial charge in [0.15, 0.2) is 5.78 Å². The van der Waals surface area contributed by atoms with E-state index in [1.807, 2.05) is 58.1 Å². The molecule has 3 saturated heterocycles. The number of unbranched alkanes of at least 4 members (excludes halogenated alkanes) is 1. The van der Waals surface area contributed by atoms with E-state index in [0.717, 1.165) is 64.1 Å². The summed E-state index contributed by atoms with van der Waals surface area (Å²) >= 11 is 0. The number of amides is 1. The topological polar surface area (TPSA) is 217 Å². The molecule has 4 heterocycles. The smallest absolute Gasteiger partial charge is 0.329 e. The number of allylic oxidation sites excluding steroid dienone is 6. The van der Waals surface area contributed by atoms with Gasteiger partial charge in [-0.1, -0.05) is 71.1 Å². The van der Waals surface area contributed by atoms with Gasteiger partial charge in [-0.15, -0.1) is 0 Å². The van der Waals surface area contributed by atoms with Gasteiger partial charge < -0.3 is 53.4 Å². The number of Topliss-reactive ketones (excluding diaryl/α,β-unsaturated/α-hetero) is 3. The van der Waals surface area contributed by atoms with Crippen LogP contribution in [0.1, 0.15) is 145 Å². The van der Waals surface area contributed by atoms with Gasteiger partial charge in [0.25, 0.3) is 11.7 Å². The van der Waals surface area contributed by atoms with Gasteiger partial charge in [0.05, 0.1) is 37.6 Å². The fourth-order valence-corrected chi connectivity index (χ4v) is 12.0. The molecule has 2 bridgehead atoms. The highest BCUT2D eigenvalue weighted by molar-refractivity contribution is 6.39. The maximum atomic E-state index is 14.7. The van der Waals surface area contributed by atoms with Crippen molar-refractivity contribution < 1.29 is 72.5 Å². The van der Waals surface area contributed by atoms with Crippen molar-refractivity contribution in [3.8, 4) is 0 Å². The molecule has 442 valence electrons. The summed E-state index contributed by atoms with van der Waals surface area (Å²) < 4.78 is 42.6. The number of carbonyl (C=O) groups excluding carboxylic acids is 5. The Hall–Kier alpha value is -3.49. The van der Waals surface area contributed by atoms with Gasteiger partial charge in [0, 0.05) is 90.8 Å². The van der Waals surface area contributed by atoms with Crippen LogP contribution in [0.15, 0.2) is 47.6 Å². The molecule has 15 atom stereocenters. The van der Waals surface area contributed by atoms with Crippen molar-refractivity contribution in [2.45, 2.75) is 199 Å². The normalized spacial score (nSPS) is 37.1. The fraction of sp³-hybridized carbons (Fsp3) is 0.787.